The minimum Gasteiger partial charge on any atom is -0.317 e. The van der Waals surface area contributed by atoms with Gasteiger partial charge in [0.1, 0.15) is 0 Å². The van der Waals surface area contributed by atoms with Gasteiger partial charge < -0.3 is 5.32 Å². The molecule has 1 atom stereocenters. The van der Waals surface area contributed by atoms with Crippen LogP contribution in [0.2, 0.25) is 0 Å². The Bertz CT molecular complexity index is 69.0. The van der Waals surface area contributed by atoms with Crippen LogP contribution in [0.15, 0.2) is 12.7 Å². The van der Waals surface area contributed by atoms with Gasteiger partial charge in [0.05, 0.1) is 0 Å². The standard InChI is InChI=1S/C8H16N/c1-4-5-6-7-8(2)9-3/h4,8-9H,1-2,5-7H2,3H3. The van der Waals surface area contributed by atoms with Crippen LogP contribution >= 0.6 is 0 Å². The number of unbranched alkanes of at least 4 members (excludes halogenated alkanes) is 1. The third-order valence-corrected chi connectivity index (χ3v) is 1.37. The molecular weight excluding hydrogens is 110 g/mol. The smallest absolute Gasteiger partial charge is 0.00647 e. The van der Waals surface area contributed by atoms with Crippen LogP contribution in [0.1, 0.15) is 19.3 Å². The Labute approximate surface area is 58.2 Å². The van der Waals surface area contributed by atoms with Gasteiger partial charge in [0, 0.05) is 6.04 Å². The van der Waals surface area contributed by atoms with Crippen molar-refractivity contribution >= 4 is 0 Å². The van der Waals surface area contributed by atoms with Crippen molar-refractivity contribution in [2.24, 2.45) is 0 Å². The maximum atomic E-state index is 3.88. The van der Waals surface area contributed by atoms with Crippen molar-refractivity contribution in [1.82, 2.24) is 5.32 Å². The van der Waals surface area contributed by atoms with Crippen LogP contribution in [0.5, 0.6) is 0 Å². The molecule has 0 aromatic heterocycles. The van der Waals surface area contributed by atoms with Crippen molar-refractivity contribution in [2.45, 2.75) is 25.3 Å². The molecule has 0 aromatic rings. The number of allylic oxidation sites excluding steroid dienone is 1. The molecule has 0 saturated carbocycles. The van der Waals surface area contributed by atoms with Crippen LogP contribution in [0.25, 0.3) is 0 Å². The van der Waals surface area contributed by atoms with E-state index in [0.29, 0.717) is 6.04 Å². The zero-order valence-electron chi connectivity index (χ0n) is 6.19. The summed E-state index contributed by atoms with van der Waals surface area (Å²) in [6, 6.07) is 0.407. The summed E-state index contributed by atoms with van der Waals surface area (Å²) in [6.45, 7) is 7.53. The summed E-state index contributed by atoms with van der Waals surface area (Å²) >= 11 is 0. The average molecular weight is 126 g/mol. The number of nitrogens with one attached hydrogen (secondary N) is 1. The fraction of sp³-hybridized carbons (Fsp3) is 0.625. The summed E-state index contributed by atoms with van der Waals surface area (Å²) in [4.78, 5) is 0. The summed E-state index contributed by atoms with van der Waals surface area (Å²) < 4.78 is 0. The van der Waals surface area contributed by atoms with E-state index < -0.39 is 0 Å². The van der Waals surface area contributed by atoms with Gasteiger partial charge >= 0.3 is 0 Å². The third kappa shape index (κ3) is 5.57. The van der Waals surface area contributed by atoms with Crippen LogP contribution in [-0.2, 0) is 0 Å². The topological polar surface area (TPSA) is 12.0 Å². The molecule has 0 aliphatic heterocycles. The first-order chi connectivity index (χ1) is 4.31. The van der Waals surface area contributed by atoms with Gasteiger partial charge in [-0.15, -0.1) is 6.58 Å². The molecule has 0 aromatic carbocycles. The Morgan fingerprint density at radius 2 is 2.33 bits per heavy atom. The molecule has 0 spiro atoms. The zero-order chi connectivity index (χ0) is 7.11. The van der Waals surface area contributed by atoms with E-state index in [0.717, 1.165) is 12.8 Å². The van der Waals surface area contributed by atoms with Crippen LogP contribution in [0, 0.1) is 6.92 Å². The molecule has 0 saturated heterocycles. The normalized spacial score (nSPS) is 13.1. The van der Waals surface area contributed by atoms with Crippen molar-refractivity contribution in [3.63, 3.8) is 0 Å². The lowest BCUT2D eigenvalue weighted by molar-refractivity contribution is 0.586. The molecule has 0 bridgehead atoms. The first kappa shape index (κ1) is 8.70. The molecule has 1 nitrogen and oxygen atoms in total. The van der Waals surface area contributed by atoms with Crippen LogP contribution in [-0.4, -0.2) is 13.1 Å². The summed E-state index contributed by atoms with van der Waals surface area (Å²) in [6.07, 6.45) is 5.39. The van der Waals surface area contributed by atoms with Gasteiger partial charge in [0.2, 0.25) is 0 Å². The predicted molar refractivity (Wildman–Crippen MR) is 42.3 cm³/mol. The Hall–Kier alpha value is -0.300. The van der Waals surface area contributed by atoms with E-state index in [2.05, 4.69) is 18.8 Å². The van der Waals surface area contributed by atoms with Gasteiger partial charge in [0.25, 0.3) is 0 Å². The van der Waals surface area contributed by atoms with Gasteiger partial charge in [0.15, 0.2) is 0 Å². The Morgan fingerprint density at radius 3 is 2.78 bits per heavy atom. The number of rotatable bonds is 5. The van der Waals surface area contributed by atoms with Crippen molar-refractivity contribution in [3.05, 3.63) is 19.6 Å². The van der Waals surface area contributed by atoms with Crippen molar-refractivity contribution in [2.75, 3.05) is 7.05 Å². The molecule has 0 aliphatic carbocycles. The maximum absolute atomic E-state index is 3.88. The second kappa shape index (κ2) is 5.83. The highest BCUT2D eigenvalue weighted by atomic mass is 14.8. The lowest BCUT2D eigenvalue weighted by atomic mass is 10.1. The van der Waals surface area contributed by atoms with Crippen LogP contribution in [0.3, 0.4) is 0 Å². The van der Waals surface area contributed by atoms with Crippen molar-refractivity contribution in [3.8, 4) is 0 Å². The molecule has 0 fully saturated rings. The fourth-order valence-corrected chi connectivity index (χ4v) is 0.653. The van der Waals surface area contributed by atoms with Crippen LogP contribution < -0.4 is 5.32 Å². The van der Waals surface area contributed by atoms with E-state index in [9.17, 15) is 0 Å². The summed E-state index contributed by atoms with van der Waals surface area (Å²) in [7, 11) is 1.94. The monoisotopic (exact) mass is 126 g/mol. The van der Waals surface area contributed by atoms with E-state index in [1.807, 2.05) is 13.1 Å². The molecule has 0 heterocycles. The molecule has 0 rings (SSSR count). The largest absolute Gasteiger partial charge is 0.317 e. The fourth-order valence-electron chi connectivity index (χ4n) is 0.653. The lowest BCUT2D eigenvalue weighted by Gasteiger charge is -2.06. The van der Waals surface area contributed by atoms with E-state index >= 15 is 0 Å². The first-order valence-electron chi connectivity index (χ1n) is 3.42. The van der Waals surface area contributed by atoms with E-state index in [1.165, 1.54) is 6.42 Å². The summed E-state index contributed by atoms with van der Waals surface area (Å²) in [5.74, 6) is 0. The minimum atomic E-state index is 0.407. The quantitative estimate of drug-likeness (QED) is 0.437. The zero-order valence-corrected chi connectivity index (χ0v) is 6.19. The first-order valence-corrected chi connectivity index (χ1v) is 3.42. The van der Waals surface area contributed by atoms with Gasteiger partial charge in [-0.25, -0.2) is 0 Å². The number of hydrogen-bond donors (Lipinski definition) is 1. The average Bonchev–Trinajstić information content (AvgIpc) is 1.89. The van der Waals surface area contributed by atoms with Crippen molar-refractivity contribution < 1.29 is 0 Å². The second-order valence-electron chi connectivity index (χ2n) is 2.21. The van der Waals surface area contributed by atoms with Crippen LogP contribution in [0.4, 0.5) is 0 Å². The third-order valence-electron chi connectivity index (χ3n) is 1.37. The van der Waals surface area contributed by atoms with Crippen molar-refractivity contribution in [1.29, 1.82) is 0 Å². The van der Waals surface area contributed by atoms with Gasteiger partial charge in [-0.1, -0.05) is 6.08 Å². The predicted octanol–water partition coefficient (Wildman–Crippen LogP) is 1.76. The molecule has 1 heteroatoms. The summed E-state index contributed by atoms with van der Waals surface area (Å²) in [5.41, 5.74) is 0. The molecule has 53 valence electrons. The lowest BCUT2D eigenvalue weighted by Crippen LogP contribution is -2.20. The maximum Gasteiger partial charge on any atom is 0.00647 e. The molecule has 1 unspecified atom stereocenters. The van der Waals surface area contributed by atoms with E-state index in [-0.39, 0.29) is 0 Å². The SMILES string of the molecule is [CH2]C(CCCC=C)NC. The highest BCUT2D eigenvalue weighted by Gasteiger charge is 1.94. The molecule has 0 amide bonds. The molecule has 9 heavy (non-hydrogen) atoms. The number of hydrogen-bond acceptors (Lipinski definition) is 1. The molecule has 1 N–H and O–H groups in total. The highest BCUT2D eigenvalue weighted by molar-refractivity contribution is 4.71. The minimum absolute atomic E-state index is 0.407. The molecule has 0 aliphatic rings. The van der Waals surface area contributed by atoms with Gasteiger partial charge in [-0.3, -0.25) is 0 Å². The highest BCUT2D eigenvalue weighted by Crippen LogP contribution is 1.98. The van der Waals surface area contributed by atoms with E-state index in [4.69, 9.17) is 0 Å². The summed E-state index contributed by atoms with van der Waals surface area (Å²) in [5, 5.41) is 3.08. The second-order valence-corrected chi connectivity index (χ2v) is 2.21. The Kier molecular flexibility index (Phi) is 5.64. The van der Waals surface area contributed by atoms with Gasteiger partial charge in [-0.05, 0) is 33.2 Å². The Balaban J connectivity index is 2.96. The Morgan fingerprint density at radius 1 is 1.67 bits per heavy atom. The van der Waals surface area contributed by atoms with E-state index in [1.54, 1.807) is 0 Å². The molecular formula is C8H16N. The van der Waals surface area contributed by atoms with Gasteiger partial charge in [-0.2, -0.15) is 0 Å². The molecule has 1 radical (unpaired) electrons.